The van der Waals surface area contributed by atoms with E-state index in [0.29, 0.717) is 6.42 Å². The van der Waals surface area contributed by atoms with Crippen LogP contribution in [0.15, 0.2) is 42.5 Å². The molecule has 0 spiro atoms. The molecule has 0 aliphatic heterocycles. The molecule has 0 saturated carbocycles. The lowest BCUT2D eigenvalue weighted by atomic mass is 9.97. The maximum atomic E-state index is 13.6. The van der Waals surface area contributed by atoms with Crippen LogP contribution in [0.3, 0.4) is 0 Å². The molecule has 0 heterocycles. The van der Waals surface area contributed by atoms with Crippen LogP contribution in [0.4, 0.5) is 4.39 Å². The predicted octanol–water partition coefficient (Wildman–Crippen LogP) is 5.07. The van der Waals surface area contributed by atoms with Crippen LogP contribution in [0.25, 0.3) is 0 Å². The highest BCUT2D eigenvalue weighted by Crippen LogP contribution is 2.26. The molecule has 0 radical (unpaired) electrons. The van der Waals surface area contributed by atoms with Crippen LogP contribution in [0.1, 0.15) is 36.1 Å². The molecule has 0 aromatic heterocycles. The van der Waals surface area contributed by atoms with Gasteiger partial charge in [0.1, 0.15) is 5.82 Å². The van der Waals surface area contributed by atoms with Crippen molar-refractivity contribution >= 4 is 11.6 Å². The van der Waals surface area contributed by atoms with Gasteiger partial charge in [0.15, 0.2) is 0 Å². The Morgan fingerprint density at radius 3 is 2.52 bits per heavy atom. The van der Waals surface area contributed by atoms with Gasteiger partial charge in [-0.25, -0.2) is 4.39 Å². The number of nitrogens with one attached hydrogen (secondary N) is 1. The summed E-state index contributed by atoms with van der Waals surface area (Å²) in [6.07, 6.45) is 1.74. The van der Waals surface area contributed by atoms with Crippen molar-refractivity contribution < 1.29 is 4.39 Å². The molecule has 2 aromatic carbocycles. The van der Waals surface area contributed by atoms with Crippen LogP contribution >= 0.6 is 11.6 Å². The van der Waals surface area contributed by atoms with Crippen molar-refractivity contribution in [3.63, 3.8) is 0 Å². The van der Waals surface area contributed by atoms with E-state index in [1.807, 2.05) is 6.07 Å². The van der Waals surface area contributed by atoms with Gasteiger partial charge in [-0.05, 0) is 43.5 Å². The third kappa shape index (κ3) is 4.29. The standard InChI is InChI=1S/C18H21ClFN/c1-3-11-21-17(14-9-7-13(2)8-10-14)12-15-5-4-6-16(20)18(15)19/h4-10,17,21H,3,11-12H2,1-2H3. The first-order valence-corrected chi connectivity index (χ1v) is 7.72. The van der Waals surface area contributed by atoms with E-state index in [1.165, 1.54) is 17.2 Å². The second-order valence-corrected chi connectivity index (χ2v) is 5.71. The normalized spacial score (nSPS) is 12.4. The molecule has 0 aliphatic rings. The predicted molar refractivity (Wildman–Crippen MR) is 87.3 cm³/mol. The maximum absolute atomic E-state index is 13.6. The molecular formula is C18H21ClFN. The highest BCUT2D eigenvalue weighted by Gasteiger charge is 2.14. The fourth-order valence-corrected chi connectivity index (χ4v) is 2.55. The summed E-state index contributed by atoms with van der Waals surface area (Å²) < 4.78 is 13.6. The first kappa shape index (κ1) is 16.0. The Hall–Kier alpha value is -1.38. The molecule has 112 valence electrons. The highest BCUT2D eigenvalue weighted by atomic mass is 35.5. The van der Waals surface area contributed by atoms with Gasteiger partial charge in [-0.3, -0.25) is 0 Å². The van der Waals surface area contributed by atoms with Crippen LogP contribution in [-0.2, 0) is 6.42 Å². The number of hydrogen-bond donors (Lipinski definition) is 1. The molecule has 1 unspecified atom stereocenters. The summed E-state index contributed by atoms with van der Waals surface area (Å²) in [6.45, 7) is 5.13. The Morgan fingerprint density at radius 1 is 1.14 bits per heavy atom. The highest BCUT2D eigenvalue weighted by molar-refractivity contribution is 6.31. The van der Waals surface area contributed by atoms with Crippen molar-refractivity contribution in [3.05, 3.63) is 70.0 Å². The van der Waals surface area contributed by atoms with Gasteiger partial charge < -0.3 is 5.32 Å². The minimum atomic E-state index is -0.354. The fraction of sp³-hybridized carbons (Fsp3) is 0.333. The van der Waals surface area contributed by atoms with Gasteiger partial charge in [0.25, 0.3) is 0 Å². The lowest BCUT2D eigenvalue weighted by Crippen LogP contribution is -2.24. The lowest BCUT2D eigenvalue weighted by molar-refractivity contribution is 0.527. The van der Waals surface area contributed by atoms with Crippen LogP contribution in [0.5, 0.6) is 0 Å². The van der Waals surface area contributed by atoms with E-state index >= 15 is 0 Å². The summed E-state index contributed by atoms with van der Waals surface area (Å²) in [5.41, 5.74) is 3.28. The van der Waals surface area contributed by atoms with Crippen LogP contribution in [-0.4, -0.2) is 6.54 Å². The van der Waals surface area contributed by atoms with Crippen molar-refractivity contribution in [3.8, 4) is 0 Å². The molecule has 1 atom stereocenters. The average Bonchev–Trinajstić information content (AvgIpc) is 2.49. The summed E-state index contributed by atoms with van der Waals surface area (Å²) in [4.78, 5) is 0. The van der Waals surface area contributed by atoms with Gasteiger partial charge >= 0.3 is 0 Å². The van der Waals surface area contributed by atoms with Crippen LogP contribution < -0.4 is 5.32 Å². The average molecular weight is 306 g/mol. The van der Waals surface area contributed by atoms with Gasteiger partial charge in [-0.15, -0.1) is 0 Å². The SMILES string of the molecule is CCCNC(Cc1cccc(F)c1Cl)c1ccc(C)cc1. The van der Waals surface area contributed by atoms with Gasteiger partial charge in [0, 0.05) is 6.04 Å². The van der Waals surface area contributed by atoms with Crippen molar-refractivity contribution in [2.75, 3.05) is 6.54 Å². The summed E-state index contributed by atoms with van der Waals surface area (Å²) >= 11 is 6.08. The number of hydrogen-bond acceptors (Lipinski definition) is 1. The third-order valence-corrected chi connectivity index (χ3v) is 4.00. The van der Waals surface area contributed by atoms with Crippen LogP contribution in [0.2, 0.25) is 5.02 Å². The molecule has 0 amide bonds. The number of benzene rings is 2. The van der Waals surface area contributed by atoms with E-state index < -0.39 is 0 Å². The van der Waals surface area contributed by atoms with Gasteiger partial charge in [-0.1, -0.05) is 60.5 Å². The summed E-state index contributed by atoms with van der Waals surface area (Å²) in [5.74, 6) is -0.354. The second-order valence-electron chi connectivity index (χ2n) is 5.33. The molecule has 0 fully saturated rings. The van der Waals surface area contributed by atoms with E-state index in [4.69, 9.17) is 11.6 Å². The molecule has 0 saturated heterocycles. The largest absolute Gasteiger partial charge is 0.310 e. The van der Waals surface area contributed by atoms with Crippen molar-refractivity contribution in [1.29, 1.82) is 0 Å². The number of halogens is 2. The Bertz CT molecular complexity index is 580. The minimum absolute atomic E-state index is 0.143. The second kappa shape index (κ2) is 7.58. The van der Waals surface area contributed by atoms with Gasteiger partial charge in [-0.2, -0.15) is 0 Å². The molecule has 2 rings (SSSR count). The third-order valence-electron chi connectivity index (χ3n) is 3.58. The molecule has 21 heavy (non-hydrogen) atoms. The topological polar surface area (TPSA) is 12.0 Å². The molecule has 1 N–H and O–H groups in total. The number of rotatable bonds is 6. The van der Waals surface area contributed by atoms with Crippen molar-refractivity contribution in [1.82, 2.24) is 5.32 Å². The van der Waals surface area contributed by atoms with Gasteiger partial charge in [0.2, 0.25) is 0 Å². The van der Waals surface area contributed by atoms with E-state index in [2.05, 4.69) is 43.4 Å². The Labute approximate surface area is 131 Å². The zero-order valence-corrected chi connectivity index (χ0v) is 13.3. The zero-order chi connectivity index (χ0) is 15.2. The molecule has 0 bridgehead atoms. The van der Waals surface area contributed by atoms with E-state index in [-0.39, 0.29) is 16.9 Å². The number of aryl methyl sites for hydroxylation is 1. The molecule has 2 aromatic rings. The fourth-order valence-electron chi connectivity index (χ4n) is 2.35. The monoisotopic (exact) mass is 305 g/mol. The van der Waals surface area contributed by atoms with Crippen LogP contribution in [0, 0.1) is 12.7 Å². The first-order chi connectivity index (χ1) is 10.1. The van der Waals surface area contributed by atoms with E-state index in [1.54, 1.807) is 6.07 Å². The summed E-state index contributed by atoms with van der Waals surface area (Å²) in [7, 11) is 0. The van der Waals surface area contributed by atoms with Crippen molar-refractivity contribution in [2.45, 2.75) is 32.7 Å². The minimum Gasteiger partial charge on any atom is -0.310 e. The van der Waals surface area contributed by atoms with E-state index in [9.17, 15) is 4.39 Å². The molecular weight excluding hydrogens is 285 g/mol. The van der Waals surface area contributed by atoms with Gasteiger partial charge in [0.05, 0.1) is 5.02 Å². The smallest absolute Gasteiger partial charge is 0.142 e. The molecule has 3 heteroatoms. The van der Waals surface area contributed by atoms with Crippen molar-refractivity contribution in [2.24, 2.45) is 0 Å². The Balaban J connectivity index is 2.23. The summed E-state index contributed by atoms with van der Waals surface area (Å²) in [6, 6.07) is 13.6. The summed E-state index contributed by atoms with van der Waals surface area (Å²) in [5, 5.41) is 3.75. The Kier molecular flexibility index (Phi) is 5.77. The molecule has 1 nitrogen and oxygen atoms in total. The van der Waals surface area contributed by atoms with E-state index in [0.717, 1.165) is 18.5 Å². The Morgan fingerprint density at radius 2 is 1.86 bits per heavy atom. The first-order valence-electron chi connectivity index (χ1n) is 7.34. The zero-order valence-electron chi connectivity index (χ0n) is 12.5. The maximum Gasteiger partial charge on any atom is 0.142 e. The lowest BCUT2D eigenvalue weighted by Gasteiger charge is -2.20. The quantitative estimate of drug-likeness (QED) is 0.785. The molecule has 0 aliphatic carbocycles.